The van der Waals surface area contributed by atoms with Gasteiger partial charge < -0.3 is 10.6 Å². The van der Waals surface area contributed by atoms with Gasteiger partial charge >= 0.3 is 6.03 Å². The molecule has 5 nitrogen and oxygen atoms in total. The third-order valence-corrected chi connectivity index (χ3v) is 2.73. The Morgan fingerprint density at radius 2 is 2.00 bits per heavy atom. The summed E-state index contributed by atoms with van der Waals surface area (Å²) in [6.45, 7) is 0.0629. The summed E-state index contributed by atoms with van der Waals surface area (Å²) in [5, 5.41) is 7.41. The SMILES string of the molecule is CNC(=O)NC(=O)CNc1ccccc1I. The molecule has 0 aromatic heterocycles. The maximum Gasteiger partial charge on any atom is 0.321 e. The number of anilines is 1. The maximum absolute atomic E-state index is 11.3. The van der Waals surface area contributed by atoms with Gasteiger partial charge in [0, 0.05) is 16.3 Å². The summed E-state index contributed by atoms with van der Waals surface area (Å²) in [7, 11) is 1.45. The van der Waals surface area contributed by atoms with Crippen LogP contribution in [-0.2, 0) is 4.79 Å². The molecule has 0 heterocycles. The Bertz CT molecular complexity index is 395. The van der Waals surface area contributed by atoms with Crippen LogP contribution in [0.15, 0.2) is 24.3 Å². The summed E-state index contributed by atoms with van der Waals surface area (Å²) in [4.78, 5) is 22.1. The number of para-hydroxylation sites is 1. The zero-order valence-electron chi connectivity index (χ0n) is 8.71. The Morgan fingerprint density at radius 1 is 1.31 bits per heavy atom. The molecule has 0 bridgehead atoms. The Hall–Kier alpha value is -1.31. The van der Waals surface area contributed by atoms with Crippen LogP contribution in [0.4, 0.5) is 10.5 Å². The molecule has 0 aliphatic rings. The quantitative estimate of drug-likeness (QED) is 0.727. The molecule has 0 fully saturated rings. The molecule has 0 radical (unpaired) electrons. The maximum atomic E-state index is 11.3. The van der Waals surface area contributed by atoms with Crippen LogP contribution in [0.2, 0.25) is 0 Å². The molecule has 1 rings (SSSR count). The van der Waals surface area contributed by atoms with Gasteiger partial charge in [0.1, 0.15) is 0 Å². The Morgan fingerprint density at radius 3 is 2.62 bits per heavy atom. The topological polar surface area (TPSA) is 70.2 Å². The Labute approximate surface area is 107 Å². The molecule has 1 aromatic rings. The molecule has 0 aliphatic carbocycles. The van der Waals surface area contributed by atoms with Gasteiger partial charge in [-0.3, -0.25) is 10.1 Å². The summed E-state index contributed by atoms with van der Waals surface area (Å²) < 4.78 is 1.02. The van der Waals surface area contributed by atoms with Crippen molar-refractivity contribution >= 4 is 40.2 Å². The lowest BCUT2D eigenvalue weighted by Crippen LogP contribution is -2.40. The van der Waals surface area contributed by atoms with E-state index in [2.05, 4.69) is 38.5 Å². The van der Waals surface area contributed by atoms with Crippen LogP contribution in [0.25, 0.3) is 0 Å². The van der Waals surface area contributed by atoms with Gasteiger partial charge in [-0.05, 0) is 34.7 Å². The number of urea groups is 1. The normalized spacial score (nSPS) is 9.38. The van der Waals surface area contributed by atoms with Crippen molar-refractivity contribution in [3.8, 4) is 0 Å². The fourth-order valence-corrected chi connectivity index (χ4v) is 1.59. The van der Waals surface area contributed by atoms with Gasteiger partial charge in [0.2, 0.25) is 5.91 Å². The van der Waals surface area contributed by atoms with Crippen molar-refractivity contribution in [3.05, 3.63) is 27.8 Å². The number of amides is 3. The van der Waals surface area contributed by atoms with E-state index in [0.29, 0.717) is 0 Å². The number of rotatable bonds is 3. The highest BCUT2D eigenvalue weighted by Crippen LogP contribution is 2.16. The van der Waals surface area contributed by atoms with E-state index >= 15 is 0 Å². The number of carbonyl (C=O) groups excluding carboxylic acids is 2. The first kappa shape index (κ1) is 12.8. The minimum absolute atomic E-state index is 0.0629. The summed E-state index contributed by atoms with van der Waals surface area (Å²) in [5.74, 6) is -0.376. The standard InChI is InChI=1S/C10H12IN3O2/c1-12-10(16)14-9(15)6-13-8-5-3-2-4-7(8)11/h2-5,13H,6H2,1H3,(H2,12,14,15,16). The van der Waals surface area contributed by atoms with Gasteiger partial charge in [-0.15, -0.1) is 0 Å². The van der Waals surface area contributed by atoms with Gasteiger partial charge in [0.05, 0.1) is 6.54 Å². The molecule has 0 saturated heterocycles. The number of hydrogen-bond donors (Lipinski definition) is 3. The molecule has 86 valence electrons. The molecule has 0 aliphatic heterocycles. The Balaban J connectivity index is 2.43. The van der Waals surface area contributed by atoms with Gasteiger partial charge in [0.15, 0.2) is 0 Å². The summed E-state index contributed by atoms with van der Waals surface area (Å²) in [6.07, 6.45) is 0. The van der Waals surface area contributed by atoms with Crippen molar-refractivity contribution < 1.29 is 9.59 Å². The molecule has 0 atom stereocenters. The number of benzene rings is 1. The molecule has 16 heavy (non-hydrogen) atoms. The van der Waals surface area contributed by atoms with Gasteiger partial charge in [-0.2, -0.15) is 0 Å². The zero-order valence-corrected chi connectivity index (χ0v) is 10.9. The van der Waals surface area contributed by atoms with E-state index in [0.717, 1.165) is 9.26 Å². The molecule has 3 N–H and O–H groups in total. The smallest absolute Gasteiger partial charge is 0.321 e. The summed E-state index contributed by atoms with van der Waals surface area (Å²) in [6, 6.07) is 7.09. The average Bonchev–Trinajstić information content (AvgIpc) is 2.28. The number of nitrogens with one attached hydrogen (secondary N) is 3. The van der Waals surface area contributed by atoms with Crippen LogP contribution in [0.3, 0.4) is 0 Å². The fraction of sp³-hybridized carbons (Fsp3) is 0.200. The number of imide groups is 1. The average molecular weight is 333 g/mol. The largest absolute Gasteiger partial charge is 0.375 e. The van der Waals surface area contributed by atoms with Crippen LogP contribution in [0, 0.1) is 3.57 Å². The van der Waals surface area contributed by atoms with Crippen molar-refractivity contribution in [2.24, 2.45) is 0 Å². The lowest BCUT2D eigenvalue weighted by Gasteiger charge is -2.08. The first-order valence-electron chi connectivity index (χ1n) is 4.63. The molecule has 0 unspecified atom stereocenters. The second kappa shape index (κ2) is 6.31. The lowest BCUT2D eigenvalue weighted by atomic mass is 10.3. The van der Waals surface area contributed by atoms with E-state index in [-0.39, 0.29) is 12.5 Å². The molecular weight excluding hydrogens is 321 g/mol. The fourth-order valence-electron chi connectivity index (χ4n) is 1.01. The van der Waals surface area contributed by atoms with Crippen LogP contribution >= 0.6 is 22.6 Å². The second-order valence-electron chi connectivity index (χ2n) is 2.96. The van der Waals surface area contributed by atoms with E-state index in [1.165, 1.54) is 7.05 Å². The zero-order chi connectivity index (χ0) is 12.0. The number of carbonyl (C=O) groups is 2. The van der Waals surface area contributed by atoms with Crippen molar-refractivity contribution in [1.82, 2.24) is 10.6 Å². The van der Waals surface area contributed by atoms with Crippen molar-refractivity contribution in [3.63, 3.8) is 0 Å². The van der Waals surface area contributed by atoms with Gasteiger partial charge in [0.25, 0.3) is 0 Å². The molecule has 0 saturated carbocycles. The van der Waals surface area contributed by atoms with Gasteiger partial charge in [-0.25, -0.2) is 4.79 Å². The highest BCUT2D eigenvalue weighted by molar-refractivity contribution is 14.1. The van der Waals surface area contributed by atoms with Crippen LogP contribution in [0.1, 0.15) is 0 Å². The van der Waals surface area contributed by atoms with E-state index in [4.69, 9.17) is 0 Å². The minimum Gasteiger partial charge on any atom is -0.375 e. The molecular formula is C10H12IN3O2. The summed E-state index contributed by atoms with van der Waals surface area (Å²) >= 11 is 2.17. The second-order valence-corrected chi connectivity index (χ2v) is 4.12. The predicted molar refractivity (Wildman–Crippen MR) is 70.2 cm³/mol. The van der Waals surface area contributed by atoms with Gasteiger partial charge in [-0.1, -0.05) is 12.1 Å². The predicted octanol–water partition coefficient (Wildman–Crippen LogP) is 1.16. The van der Waals surface area contributed by atoms with E-state index in [9.17, 15) is 9.59 Å². The summed E-state index contributed by atoms with van der Waals surface area (Å²) in [5.41, 5.74) is 0.871. The third kappa shape index (κ3) is 4.05. The van der Waals surface area contributed by atoms with Crippen molar-refractivity contribution in [2.45, 2.75) is 0 Å². The number of hydrogen-bond acceptors (Lipinski definition) is 3. The van der Waals surface area contributed by atoms with Crippen molar-refractivity contribution in [2.75, 3.05) is 18.9 Å². The number of halogens is 1. The van der Waals surface area contributed by atoms with E-state index in [1.54, 1.807) is 0 Å². The Kier molecular flexibility index (Phi) is 5.03. The van der Waals surface area contributed by atoms with Crippen LogP contribution in [0.5, 0.6) is 0 Å². The first-order valence-corrected chi connectivity index (χ1v) is 5.71. The molecule has 1 aromatic carbocycles. The molecule has 3 amide bonds. The highest BCUT2D eigenvalue weighted by atomic mass is 127. The van der Waals surface area contributed by atoms with Crippen molar-refractivity contribution in [1.29, 1.82) is 0 Å². The first-order chi connectivity index (χ1) is 7.63. The highest BCUT2D eigenvalue weighted by Gasteiger charge is 2.05. The third-order valence-electron chi connectivity index (χ3n) is 1.79. The minimum atomic E-state index is -0.505. The van der Waals surface area contributed by atoms with E-state index in [1.807, 2.05) is 24.3 Å². The van der Waals surface area contributed by atoms with E-state index < -0.39 is 6.03 Å². The molecule has 0 spiro atoms. The van der Waals surface area contributed by atoms with Crippen LogP contribution < -0.4 is 16.0 Å². The van der Waals surface area contributed by atoms with Crippen LogP contribution in [-0.4, -0.2) is 25.5 Å². The molecule has 6 heteroatoms. The lowest BCUT2D eigenvalue weighted by molar-refractivity contribution is -0.118. The monoisotopic (exact) mass is 333 g/mol.